The van der Waals surface area contributed by atoms with Crippen molar-refractivity contribution >= 4 is 42.0 Å². The van der Waals surface area contributed by atoms with Gasteiger partial charge in [-0.1, -0.05) is 30.5 Å². The molecule has 23 heavy (non-hydrogen) atoms. The Hall–Kier alpha value is -2.25. The minimum absolute atomic E-state index is 0.0125. The normalized spacial score (nSPS) is 10.2. The van der Waals surface area contributed by atoms with Crippen molar-refractivity contribution in [2.24, 2.45) is 5.73 Å². The lowest BCUT2D eigenvalue weighted by Gasteiger charge is -2.17. The van der Waals surface area contributed by atoms with Gasteiger partial charge in [0, 0.05) is 12.1 Å². The number of nitrogens with one attached hydrogen (secondary N) is 1. The molecule has 0 saturated heterocycles. The van der Waals surface area contributed by atoms with E-state index < -0.39 is 17.8 Å². The van der Waals surface area contributed by atoms with Crippen LogP contribution in [0.4, 0.5) is 14.9 Å². The largest absolute Gasteiger partial charge is 0.366 e. The van der Waals surface area contributed by atoms with Crippen LogP contribution in [-0.2, 0) is 6.54 Å². The summed E-state index contributed by atoms with van der Waals surface area (Å²) in [6, 6.07) is 9.77. The van der Waals surface area contributed by atoms with Crippen molar-refractivity contribution < 1.29 is 14.0 Å². The van der Waals surface area contributed by atoms with E-state index in [0.717, 1.165) is 4.31 Å². The minimum atomic E-state index is -0.556. The van der Waals surface area contributed by atoms with Crippen LogP contribution in [0.3, 0.4) is 0 Å². The number of amides is 3. The molecular formula is C15H13ClFN3O2S. The number of carbonyl (C=O) groups excluding carboxylic acids is 2. The second-order valence-electron chi connectivity index (χ2n) is 4.63. The van der Waals surface area contributed by atoms with Gasteiger partial charge >= 0.3 is 6.03 Å². The number of thiol groups is 1. The van der Waals surface area contributed by atoms with Gasteiger partial charge in [0.1, 0.15) is 5.82 Å². The molecule has 0 heterocycles. The van der Waals surface area contributed by atoms with Crippen molar-refractivity contribution in [3.8, 4) is 0 Å². The van der Waals surface area contributed by atoms with E-state index in [2.05, 4.69) is 18.1 Å². The van der Waals surface area contributed by atoms with Crippen molar-refractivity contribution in [1.29, 1.82) is 0 Å². The van der Waals surface area contributed by atoms with Crippen LogP contribution in [0, 0.1) is 5.82 Å². The molecule has 0 aromatic heterocycles. The molecular weight excluding hydrogens is 341 g/mol. The van der Waals surface area contributed by atoms with Gasteiger partial charge in [-0.25, -0.2) is 13.5 Å². The first-order chi connectivity index (χ1) is 10.9. The number of benzene rings is 2. The lowest BCUT2D eigenvalue weighted by molar-refractivity contribution is 0.100. The van der Waals surface area contributed by atoms with Gasteiger partial charge in [0.25, 0.3) is 0 Å². The number of primary amides is 1. The van der Waals surface area contributed by atoms with E-state index in [1.165, 1.54) is 30.3 Å². The zero-order valence-electron chi connectivity index (χ0n) is 11.8. The van der Waals surface area contributed by atoms with Crippen molar-refractivity contribution in [3.63, 3.8) is 0 Å². The molecule has 0 aliphatic heterocycles. The monoisotopic (exact) mass is 353 g/mol. The minimum Gasteiger partial charge on any atom is -0.366 e. The fourth-order valence-electron chi connectivity index (χ4n) is 1.79. The van der Waals surface area contributed by atoms with Gasteiger partial charge in [0.2, 0.25) is 5.91 Å². The van der Waals surface area contributed by atoms with Crippen LogP contribution < -0.4 is 15.4 Å². The topological polar surface area (TPSA) is 75.4 Å². The van der Waals surface area contributed by atoms with E-state index in [9.17, 15) is 14.0 Å². The SMILES string of the molecule is NC(=O)c1ccc(N(S)C(=O)NCc2ccc(F)c(Cl)c2)cc1. The third kappa shape index (κ3) is 4.37. The Balaban J connectivity index is 1.99. The van der Waals surface area contributed by atoms with E-state index in [4.69, 9.17) is 17.3 Å². The van der Waals surface area contributed by atoms with E-state index in [1.807, 2.05) is 0 Å². The molecule has 0 fully saturated rings. The summed E-state index contributed by atoms with van der Waals surface area (Å²) in [5.41, 5.74) is 6.59. The second-order valence-corrected chi connectivity index (χ2v) is 5.44. The highest BCUT2D eigenvalue weighted by atomic mass is 35.5. The Morgan fingerprint density at radius 1 is 1.22 bits per heavy atom. The van der Waals surface area contributed by atoms with Crippen molar-refractivity contribution in [2.75, 3.05) is 4.31 Å². The number of halogens is 2. The standard InChI is InChI=1S/C15H13ClFN3O2S/c16-12-7-9(1-6-13(12)17)8-19-15(22)20(23)11-4-2-10(3-5-11)14(18)21/h1-7,23H,8H2,(H2,18,21)(H,19,22). The molecule has 2 aromatic carbocycles. The summed E-state index contributed by atoms with van der Waals surface area (Å²) in [6.07, 6.45) is 0. The molecule has 3 N–H and O–H groups in total. The van der Waals surface area contributed by atoms with E-state index in [-0.39, 0.29) is 11.6 Å². The van der Waals surface area contributed by atoms with Crippen LogP contribution in [0.5, 0.6) is 0 Å². The first-order valence-corrected chi connectivity index (χ1v) is 7.27. The Kier molecular flexibility index (Phi) is 5.46. The third-order valence-corrected chi connectivity index (χ3v) is 3.72. The molecule has 8 heteroatoms. The zero-order chi connectivity index (χ0) is 17.0. The fraction of sp³-hybridized carbons (Fsp3) is 0.0667. The van der Waals surface area contributed by atoms with Crippen molar-refractivity contribution in [3.05, 3.63) is 64.4 Å². The quantitative estimate of drug-likeness (QED) is 0.739. The molecule has 0 radical (unpaired) electrons. The molecule has 5 nitrogen and oxygen atoms in total. The first-order valence-electron chi connectivity index (χ1n) is 6.49. The van der Waals surface area contributed by atoms with Gasteiger partial charge in [-0.2, -0.15) is 0 Å². The maximum Gasteiger partial charge on any atom is 0.332 e. The van der Waals surface area contributed by atoms with Crippen LogP contribution in [0.1, 0.15) is 15.9 Å². The van der Waals surface area contributed by atoms with Gasteiger partial charge < -0.3 is 11.1 Å². The molecule has 0 atom stereocenters. The van der Waals surface area contributed by atoms with Crippen LogP contribution in [0.15, 0.2) is 42.5 Å². The Morgan fingerprint density at radius 2 is 1.87 bits per heavy atom. The summed E-state index contributed by atoms with van der Waals surface area (Å²) in [7, 11) is 0. The second kappa shape index (κ2) is 7.34. The van der Waals surface area contributed by atoms with Gasteiger partial charge in [0.05, 0.1) is 10.7 Å². The number of rotatable bonds is 4. The molecule has 0 unspecified atom stereocenters. The summed E-state index contributed by atoms with van der Waals surface area (Å²) in [4.78, 5) is 23.0. The molecule has 0 aliphatic carbocycles. The summed E-state index contributed by atoms with van der Waals surface area (Å²) < 4.78 is 14.1. The number of nitrogens with zero attached hydrogens (tertiary/aromatic N) is 1. The molecule has 2 aromatic rings. The average molecular weight is 354 g/mol. The number of hydrogen-bond acceptors (Lipinski definition) is 3. The number of carbonyl (C=O) groups is 2. The van der Waals surface area contributed by atoms with Crippen LogP contribution in [0.25, 0.3) is 0 Å². The van der Waals surface area contributed by atoms with Gasteiger partial charge in [-0.15, -0.1) is 0 Å². The molecule has 0 aliphatic rings. The lowest BCUT2D eigenvalue weighted by atomic mass is 10.2. The smallest absolute Gasteiger partial charge is 0.332 e. The third-order valence-electron chi connectivity index (χ3n) is 3.02. The maximum atomic E-state index is 13.1. The predicted molar refractivity (Wildman–Crippen MR) is 90.1 cm³/mol. The number of urea groups is 1. The molecule has 3 amide bonds. The molecule has 0 saturated carbocycles. The molecule has 120 valence electrons. The Morgan fingerprint density at radius 3 is 2.43 bits per heavy atom. The molecule has 0 bridgehead atoms. The number of hydrogen-bond donors (Lipinski definition) is 3. The van der Waals surface area contributed by atoms with Gasteiger partial charge in [0.15, 0.2) is 0 Å². The lowest BCUT2D eigenvalue weighted by Crippen LogP contribution is -2.33. The predicted octanol–water partition coefficient (Wildman–Crippen LogP) is 3.14. The highest BCUT2D eigenvalue weighted by Crippen LogP contribution is 2.18. The van der Waals surface area contributed by atoms with Crippen LogP contribution >= 0.6 is 24.4 Å². The number of nitrogens with two attached hydrogens (primary N) is 1. The highest BCUT2D eigenvalue weighted by molar-refractivity contribution is 7.82. The summed E-state index contributed by atoms with van der Waals surface area (Å²) in [5.74, 6) is -1.08. The van der Waals surface area contributed by atoms with Crippen molar-refractivity contribution in [2.45, 2.75) is 6.54 Å². The summed E-state index contributed by atoms with van der Waals surface area (Å²) >= 11 is 9.78. The fourth-order valence-corrected chi connectivity index (χ4v) is 2.19. The number of anilines is 1. The first kappa shape index (κ1) is 17.1. The van der Waals surface area contributed by atoms with Gasteiger partial charge in [-0.05, 0) is 42.0 Å². The van der Waals surface area contributed by atoms with Gasteiger partial charge in [-0.3, -0.25) is 4.79 Å². The summed E-state index contributed by atoms with van der Waals surface area (Å²) in [5, 5.41) is 2.61. The molecule has 0 spiro atoms. The average Bonchev–Trinajstić information content (AvgIpc) is 2.55. The zero-order valence-corrected chi connectivity index (χ0v) is 13.4. The molecule has 2 rings (SSSR count). The highest BCUT2D eigenvalue weighted by Gasteiger charge is 2.12. The Labute approximate surface area is 142 Å². The van der Waals surface area contributed by atoms with E-state index >= 15 is 0 Å². The van der Waals surface area contributed by atoms with Crippen LogP contribution in [-0.4, -0.2) is 11.9 Å². The van der Waals surface area contributed by atoms with Crippen LogP contribution in [0.2, 0.25) is 5.02 Å². The maximum absolute atomic E-state index is 13.1. The van der Waals surface area contributed by atoms with E-state index in [1.54, 1.807) is 12.1 Å². The summed E-state index contributed by atoms with van der Waals surface area (Å²) in [6.45, 7) is 0.162. The van der Waals surface area contributed by atoms with E-state index in [0.29, 0.717) is 16.8 Å². The Bertz CT molecular complexity index is 740. The van der Waals surface area contributed by atoms with Crippen molar-refractivity contribution in [1.82, 2.24) is 5.32 Å².